The maximum atomic E-state index is 13.3. The Kier molecular flexibility index (Phi) is 21.7. The second kappa shape index (κ2) is 28.0. The number of ether oxygens (including phenoxy) is 16. The molecule has 0 bridgehead atoms. The molecule has 5 aliphatic heterocycles. The zero-order valence-electron chi connectivity index (χ0n) is 53.5. The van der Waals surface area contributed by atoms with E-state index in [0.717, 1.165) is 25.7 Å². The van der Waals surface area contributed by atoms with Gasteiger partial charge in [0.2, 0.25) is 0 Å². The van der Waals surface area contributed by atoms with Crippen molar-refractivity contribution >= 4 is 11.9 Å². The number of hydrogen-bond donors (Lipinski definition) is 7. The maximum absolute atomic E-state index is 13.3. The third-order valence-corrected chi connectivity index (χ3v) is 22.5. The van der Waals surface area contributed by atoms with E-state index in [4.69, 9.17) is 75.8 Å². The minimum Gasteiger partial charge on any atom is -0.462 e. The summed E-state index contributed by atoms with van der Waals surface area (Å²) in [5, 5.41) is 78.5. The van der Waals surface area contributed by atoms with Crippen LogP contribution in [-0.2, 0) is 80.6 Å². The highest BCUT2D eigenvalue weighted by Gasteiger charge is 2.77. The molecule has 25 heteroatoms. The van der Waals surface area contributed by atoms with Crippen molar-refractivity contribution in [1.29, 1.82) is 0 Å². The monoisotopic (exact) mass is 1270 g/mol. The number of fused-ring (bicyclic) bond motifs is 5. The maximum Gasteiger partial charge on any atom is 0.338 e. The SMILES string of the molecule is COC1CC(OC2CCC3(C)C(CCC4C3CC(OC(C)=O)C3(C)C(O)(C(C)OC(=O)c5ccccc5)CCC43O)C2)OC(C)C1OC1CC(OC)C(OC2CC(OC)C(OC3OC(C)C(OC4OC(CO)C(O)C(O)C4O)C(OC)C3O)C(C)O2)C(C)O1. The predicted molar refractivity (Wildman–Crippen MR) is 309 cm³/mol. The molecular formula is C64H100O25. The molecule has 89 heavy (non-hydrogen) atoms. The van der Waals surface area contributed by atoms with Gasteiger partial charge in [-0.25, -0.2) is 4.79 Å². The van der Waals surface area contributed by atoms with Gasteiger partial charge in [0.05, 0.1) is 72.0 Å². The van der Waals surface area contributed by atoms with E-state index in [1.165, 1.54) is 14.0 Å². The molecule has 0 aromatic heterocycles. The van der Waals surface area contributed by atoms with E-state index in [1.807, 2.05) is 26.8 Å². The van der Waals surface area contributed by atoms with Crippen LogP contribution in [0.3, 0.4) is 0 Å². The Morgan fingerprint density at radius 2 is 1.12 bits per heavy atom. The molecule has 506 valence electrons. The zero-order chi connectivity index (χ0) is 64.2. The second-order valence-corrected chi connectivity index (χ2v) is 27.2. The molecule has 10 rings (SSSR count). The van der Waals surface area contributed by atoms with E-state index < -0.39 is 183 Å². The Bertz CT molecular complexity index is 2500. The van der Waals surface area contributed by atoms with Crippen molar-refractivity contribution in [2.45, 2.75) is 291 Å². The molecule has 32 unspecified atom stereocenters. The molecule has 0 spiro atoms. The van der Waals surface area contributed by atoms with Crippen molar-refractivity contribution in [2.24, 2.45) is 28.6 Å². The molecule has 1 aromatic carbocycles. The summed E-state index contributed by atoms with van der Waals surface area (Å²) in [4.78, 5) is 26.3. The summed E-state index contributed by atoms with van der Waals surface area (Å²) in [6.07, 6.45) is -16.5. The second-order valence-electron chi connectivity index (χ2n) is 27.2. The molecule has 5 saturated heterocycles. The van der Waals surface area contributed by atoms with Crippen LogP contribution in [0.2, 0.25) is 0 Å². The molecular weight excluding hydrogens is 1170 g/mol. The van der Waals surface area contributed by atoms with Gasteiger partial charge in [0.15, 0.2) is 31.5 Å². The smallest absolute Gasteiger partial charge is 0.338 e. The van der Waals surface area contributed by atoms with Crippen molar-refractivity contribution in [3.8, 4) is 0 Å². The van der Waals surface area contributed by atoms with Gasteiger partial charge < -0.3 is 112 Å². The number of esters is 2. The summed E-state index contributed by atoms with van der Waals surface area (Å²) in [5.74, 6) is -1.04. The Morgan fingerprint density at radius 1 is 0.584 bits per heavy atom. The molecule has 32 atom stereocenters. The molecule has 25 nitrogen and oxygen atoms in total. The number of aliphatic hydroxyl groups is 7. The summed E-state index contributed by atoms with van der Waals surface area (Å²) in [6, 6.07) is 8.61. The van der Waals surface area contributed by atoms with Gasteiger partial charge in [0.25, 0.3) is 0 Å². The van der Waals surface area contributed by atoms with Gasteiger partial charge in [-0.3, -0.25) is 4.79 Å². The van der Waals surface area contributed by atoms with E-state index in [9.17, 15) is 45.3 Å². The molecule has 5 heterocycles. The Morgan fingerprint density at radius 3 is 1.67 bits per heavy atom. The van der Waals surface area contributed by atoms with E-state index >= 15 is 0 Å². The largest absolute Gasteiger partial charge is 0.462 e. The highest BCUT2D eigenvalue weighted by Crippen LogP contribution is 2.71. The van der Waals surface area contributed by atoms with Crippen LogP contribution in [0, 0.1) is 28.6 Å². The summed E-state index contributed by atoms with van der Waals surface area (Å²) < 4.78 is 99.8. The predicted octanol–water partition coefficient (Wildman–Crippen LogP) is 2.96. The average molecular weight is 1270 g/mol. The van der Waals surface area contributed by atoms with Gasteiger partial charge in [0, 0.05) is 54.6 Å². The number of benzene rings is 1. The summed E-state index contributed by atoms with van der Waals surface area (Å²) in [5.41, 5.74) is -4.30. The summed E-state index contributed by atoms with van der Waals surface area (Å²) in [7, 11) is 6.16. The molecule has 9 aliphatic rings. The van der Waals surface area contributed by atoms with Crippen molar-refractivity contribution in [1.82, 2.24) is 0 Å². The van der Waals surface area contributed by atoms with Gasteiger partial charge in [-0.15, -0.1) is 0 Å². The van der Waals surface area contributed by atoms with E-state index in [0.29, 0.717) is 31.2 Å². The van der Waals surface area contributed by atoms with E-state index in [-0.39, 0.29) is 48.5 Å². The fourth-order valence-corrected chi connectivity index (χ4v) is 17.4. The number of aliphatic hydroxyl groups excluding tert-OH is 5. The van der Waals surface area contributed by atoms with E-state index in [1.54, 1.807) is 66.4 Å². The van der Waals surface area contributed by atoms with Gasteiger partial charge in [-0.2, -0.15) is 0 Å². The van der Waals surface area contributed by atoms with Crippen LogP contribution >= 0.6 is 0 Å². The van der Waals surface area contributed by atoms with Crippen molar-refractivity contribution < 1.29 is 121 Å². The van der Waals surface area contributed by atoms with Gasteiger partial charge >= 0.3 is 11.9 Å². The number of carbonyl (C=O) groups excluding carboxylic acids is 2. The number of carbonyl (C=O) groups is 2. The zero-order valence-corrected chi connectivity index (χ0v) is 53.5. The topological polar surface area (TPSA) is 323 Å². The summed E-state index contributed by atoms with van der Waals surface area (Å²) in [6.45, 7) is 13.8. The lowest BCUT2D eigenvalue weighted by molar-refractivity contribution is -0.374. The molecule has 9 fully saturated rings. The van der Waals surface area contributed by atoms with Crippen molar-refractivity contribution in [2.75, 3.05) is 35.0 Å². The third kappa shape index (κ3) is 13.0. The Hall–Kier alpha value is -2.68. The standard InChI is InChI=1S/C64H100O25/c1-30-53(86-47-27-42(75-10)54(31(2)79-47)87-48-28-43(76-11)55(32(3)80-48)88-60-52(70)57(77-12)56(33(4)81-60)89-59-51(69)50(68)49(67)44(29-65)85-59)41(74-9)26-46(78-30)84-38-20-21-61(7)37(24-38)18-19-39-40(61)25-45(83-35(6)66)62(8)63(72,22-23-64(39,62)73)34(5)82-58(71)36-16-14-13-15-17-36/h13-17,30-34,37-57,59-60,65,67-70,72-73H,18-29H2,1-12H3. The number of rotatable bonds is 19. The van der Waals surface area contributed by atoms with Crippen LogP contribution in [-0.4, -0.2) is 247 Å². The fourth-order valence-electron chi connectivity index (χ4n) is 17.4. The lowest BCUT2D eigenvalue weighted by Gasteiger charge is -2.66. The van der Waals surface area contributed by atoms with E-state index in [2.05, 4.69) is 6.92 Å². The van der Waals surface area contributed by atoms with Gasteiger partial charge in [-0.1, -0.05) is 32.0 Å². The van der Waals surface area contributed by atoms with Crippen LogP contribution in [0.15, 0.2) is 30.3 Å². The third-order valence-electron chi connectivity index (χ3n) is 22.5. The first-order chi connectivity index (χ1) is 42.3. The molecule has 1 aromatic rings. The lowest BCUT2D eigenvalue weighted by Crippen LogP contribution is -2.72. The highest BCUT2D eigenvalue weighted by molar-refractivity contribution is 5.89. The van der Waals surface area contributed by atoms with Crippen LogP contribution in [0.1, 0.15) is 136 Å². The molecule has 4 saturated carbocycles. The van der Waals surface area contributed by atoms with Crippen LogP contribution in [0.4, 0.5) is 0 Å². The minimum absolute atomic E-state index is 0.0188. The Labute approximate surface area is 521 Å². The fraction of sp³-hybridized carbons (Fsp3) is 0.875. The molecule has 0 amide bonds. The van der Waals surface area contributed by atoms with Crippen molar-refractivity contribution in [3.05, 3.63) is 35.9 Å². The average Bonchev–Trinajstić information content (AvgIpc) is 1.60. The molecule has 4 aliphatic carbocycles. The normalized spacial score (nSPS) is 49.6. The first-order valence-corrected chi connectivity index (χ1v) is 32.1. The van der Waals surface area contributed by atoms with Crippen LogP contribution < -0.4 is 0 Å². The first kappa shape index (κ1) is 69.2. The lowest BCUT2D eigenvalue weighted by atomic mass is 9.42. The molecule has 0 radical (unpaired) electrons. The summed E-state index contributed by atoms with van der Waals surface area (Å²) >= 11 is 0. The number of hydrogen-bond acceptors (Lipinski definition) is 25. The Balaban J connectivity index is 0.710. The highest BCUT2D eigenvalue weighted by atomic mass is 16.8. The first-order valence-electron chi connectivity index (χ1n) is 32.1. The van der Waals surface area contributed by atoms with Crippen molar-refractivity contribution in [3.63, 3.8) is 0 Å². The van der Waals surface area contributed by atoms with Gasteiger partial charge in [-0.05, 0) is 121 Å². The molecule has 7 N–H and O–H groups in total. The minimum atomic E-state index is -1.69. The van der Waals surface area contributed by atoms with Crippen LogP contribution in [0.25, 0.3) is 0 Å². The number of methoxy groups -OCH3 is 4. The quantitative estimate of drug-likeness (QED) is 0.0773. The van der Waals surface area contributed by atoms with Gasteiger partial charge in [0.1, 0.15) is 78.8 Å². The van der Waals surface area contributed by atoms with Crippen LogP contribution in [0.5, 0.6) is 0 Å².